The van der Waals surface area contributed by atoms with Crippen molar-refractivity contribution in [3.8, 4) is 5.75 Å². The standard InChI is InChI=1S/C10H13FO2/c1-13-10-4-2-3-8(7-11)9(10)5-6-12/h2-4,12H,5-7H2,1H3. The Labute approximate surface area is 77.0 Å². The fourth-order valence-electron chi connectivity index (χ4n) is 1.32. The Hall–Kier alpha value is -1.09. The number of alkyl halides is 1. The molecule has 0 bridgehead atoms. The minimum atomic E-state index is -0.521. The molecule has 13 heavy (non-hydrogen) atoms. The Kier molecular flexibility index (Phi) is 3.71. The summed E-state index contributed by atoms with van der Waals surface area (Å²) in [7, 11) is 1.54. The number of aliphatic hydroxyl groups is 1. The van der Waals surface area contributed by atoms with Crippen molar-refractivity contribution in [1.29, 1.82) is 0 Å². The maximum absolute atomic E-state index is 12.5. The van der Waals surface area contributed by atoms with Gasteiger partial charge in [-0.15, -0.1) is 0 Å². The zero-order chi connectivity index (χ0) is 9.68. The first-order chi connectivity index (χ1) is 6.33. The molecule has 0 heterocycles. The van der Waals surface area contributed by atoms with Gasteiger partial charge in [0, 0.05) is 12.2 Å². The van der Waals surface area contributed by atoms with Crippen LogP contribution in [0.25, 0.3) is 0 Å². The number of hydrogen-bond donors (Lipinski definition) is 1. The van der Waals surface area contributed by atoms with Crippen molar-refractivity contribution in [2.75, 3.05) is 13.7 Å². The van der Waals surface area contributed by atoms with Crippen molar-refractivity contribution < 1.29 is 14.2 Å². The smallest absolute Gasteiger partial charge is 0.122 e. The number of rotatable bonds is 4. The molecule has 0 fully saturated rings. The summed E-state index contributed by atoms with van der Waals surface area (Å²) in [5.74, 6) is 0.643. The molecule has 0 spiro atoms. The summed E-state index contributed by atoms with van der Waals surface area (Å²) in [6, 6.07) is 5.21. The molecule has 0 saturated heterocycles. The number of hydrogen-bond acceptors (Lipinski definition) is 2. The fourth-order valence-corrected chi connectivity index (χ4v) is 1.32. The highest BCUT2D eigenvalue weighted by Gasteiger charge is 2.07. The Morgan fingerprint density at radius 2 is 2.23 bits per heavy atom. The molecular formula is C10H13FO2. The molecule has 0 radical (unpaired) electrons. The van der Waals surface area contributed by atoms with Crippen LogP contribution in [0.1, 0.15) is 11.1 Å². The van der Waals surface area contributed by atoms with Crippen LogP contribution >= 0.6 is 0 Å². The minimum absolute atomic E-state index is 0.00731. The van der Waals surface area contributed by atoms with E-state index < -0.39 is 6.67 Å². The van der Waals surface area contributed by atoms with Gasteiger partial charge in [0.25, 0.3) is 0 Å². The van der Waals surface area contributed by atoms with Gasteiger partial charge in [0.1, 0.15) is 12.4 Å². The molecule has 0 unspecified atom stereocenters. The molecule has 0 saturated carbocycles. The predicted molar refractivity (Wildman–Crippen MR) is 48.6 cm³/mol. The van der Waals surface area contributed by atoms with Gasteiger partial charge in [-0.1, -0.05) is 12.1 Å². The van der Waals surface area contributed by atoms with E-state index in [9.17, 15) is 4.39 Å². The first-order valence-electron chi connectivity index (χ1n) is 4.15. The summed E-state index contributed by atoms with van der Waals surface area (Å²) in [5, 5.41) is 8.78. The second-order valence-electron chi connectivity index (χ2n) is 2.71. The van der Waals surface area contributed by atoms with E-state index in [4.69, 9.17) is 9.84 Å². The lowest BCUT2D eigenvalue weighted by molar-refractivity contribution is 0.295. The van der Waals surface area contributed by atoms with Crippen molar-refractivity contribution in [3.05, 3.63) is 29.3 Å². The lowest BCUT2D eigenvalue weighted by Gasteiger charge is -2.10. The van der Waals surface area contributed by atoms with Crippen LogP contribution in [0.5, 0.6) is 5.75 Å². The topological polar surface area (TPSA) is 29.5 Å². The van der Waals surface area contributed by atoms with Gasteiger partial charge in [0.05, 0.1) is 7.11 Å². The van der Waals surface area contributed by atoms with Crippen LogP contribution in [-0.2, 0) is 13.1 Å². The first-order valence-corrected chi connectivity index (χ1v) is 4.15. The molecule has 3 heteroatoms. The second-order valence-corrected chi connectivity index (χ2v) is 2.71. The van der Waals surface area contributed by atoms with Gasteiger partial charge in [-0.25, -0.2) is 4.39 Å². The van der Waals surface area contributed by atoms with E-state index in [1.807, 2.05) is 0 Å². The molecule has 0 aliphatic carbocycles. The van der Waals surface area contributed by atoms with E-state index in [-0.39, 0.29) is 6.61 Å². The maximum Gasteiger partial charge on any atom is 0.122 e. The highest BCUT2D eigenvalue weighted by molar-refractivity contribution is 5.40. The first kappa shape index (κ1) is 9.99. The third-order valence-electron chi connectivity index (χ3n) is 1.96. The fraction of sp³-hybridized carbons (Fsp3) is 0.400. The third kappa shape index (κ3) is 2.18. The van der Waals surface area contributed by atoms with Crippen molar-refractivity contribution in [1.82, 2.24) is 0 Å². The van der Waals surface area contributed by atoms with E-state index in [0.29, 0.717) is 17.7 Å². The highest BCUT2D eigenvalue weighted by atomic mass is 19.1. The van der Waals surface area contributed by atoms with Crippen molar-refractivity contribution >= 4 is 0 Å². The van der Waals surface area contributed by atoms with E-state index in [1.54, 1.807) is 18.2 Å². The van der Waals surface area contributed by atoms with Gasteiger partial charge in [-0.05, 0) is 18.1 Å². The van der Waals surface area contributed by atoms with E-state index in [0.717, 1.165) is 5.56 Å². The zero-order valence-corrected chi connectivity index (χ0v) is 7.59. The van der Waals surface area contributed by atoms with Gasteiger partial charge in [-0.3, -0.25) is 0 Å². The quantitative estimate of drug-likeness (QED) is 0.771. The molecular weight excluding hydrogens is 171 g/mol. The van der Waals surface area contributed by atoms with Gasteiger partial charge < -0.3 is 9.84 Å². The monoisotopic (exact) mass is 184 g/mol. The van der Waals surface area contributed by atoms with Gasteiger partial charge in [-0.2, -0.15) is 0 Å². The zero-order valence-electron chi connectivity index (χ0n) is 7.59. The molecule has 0 amide bonds. The van der Waals surface area contributed by atoms with E-state index >= 15 is 0 Å². The summed E-state index contributed by atoms with van der Waals surface area (Å²) >= 11 is 0. The minimum Gasteiger partial charge on any atom is -0.496 e. The molecule has 0 atom stereocenters. The summed E-state index contributed by atoms with van der Waals surface area (Å²) in [5.41, 5.74) is 1.35. The average Bonchev–Trinajstić information content (AvgIpc) is 2.18. The van der Waals surface area contributed by atoms with Crippen LogP contribution in [0.4, 0.5) is 4.39 Å². The van der Waals surface area contributed by atoms with Crippen molar-refractivity contribution in [2.45, 2.75) is 13.1 Å². The average molecular weight is 184 g/mol. The van der Waals surface area contributed by atoms with Crippen LogP contribution in [0.2, 0.25) is 0 Å². The Morgan fingerprint density at radius 1 is 1.46 bits per heavy atom. The summed E-state index contributed by atoms with van der Waals surface area (Å²) in [6.45, 7) is -0.514. The molecule has 0 aliphatic heterocycles. The Bertz CT molecular complexity index is 251. The second kappa shape index (κ2) is 4.82. The molecule has 0 aliphatic rings. The van der Waals surface area contributed by atoms with Crippen LogP contribution in [0.15, 0.2) is 18.2 Å². The molecule has 1 aromatic rings. The third-order valence-corrected chi connectivity index (χ3v) is 1.96. The molecule has 1 N–H and O–H groups in total. The number of benzene rings is 1. The summed E-state index contributed by atoms with van der Waals surface area (Å²) in [6.07, 6.45) is 0.434. The molecule has 72 valence electrons. The van der Waals surface area contributed by atoms with Crippen molar-refractivity contribution in [2.24, 2.45) is 0 Å². The maximum atomic E-state index is 12.5. The van der Waals surface area contributed by atoms with Gasteiger partial charge in [0.2, 0.25) is 0 Å². The summed E-state index contributed by atoms with van der Waals surface area (Å²) < 4.78 is 17.6. The molecule has 0 aromatic heterocycles. The predicted octanol–water partition coefficient (Wildman–Crippen LogP) is 1.70. The summed E-state index contributed by atoms with van der Waals surface area (Å²) in [4.78, 5) is 0. The van der Waals surface area contributed by atoms with E-state index in [2.05, 4.69) is 0 Å². The Balaban J connectivity index is 3.05. The number of halogens is 1. The van der Waals surface area contributed by atoms with E-state index in [1.165, 1.54) is 7.11 Å². The highest BCUT2D eigenvalue weighted by Crippen LogP contribution is 2.23. The molecule has 2 nitrogen and oxygen atoms in total. The lowest BCUT2D eigenvalue weighted by Crippen LogP contribution is -1.99. The SMILES string of the molecule is COc1cccc(CF)c1CCO. The van der Waals surface area contributed by atoms with Crippen LogP contribution in [0, 0.1) is 0 Å². The molecule has 1 aromatic carbocycles. The van der Waals surface area contributed by atoms with Crippen LogP contribution in [0.3, 0.4) is 0 Å². The Morgan fingerprint density at radius 3 is 2.77 bits per heavy atom. The number of methoxy groups -OCH3 is 1. The van der Waals surface area contributed by atoms with Gasteiger partial charge in [0.15, 0.2) is 0 Å². The molecule has 1 rings (SSSR count). The normalized spacial score (nSPS) is 10.1. The number of ether oxygens (including phenoxy) is 1. The lowest BCUT2D eigenvalue weighted by atomic mass is 10.0. The van der Waals surface area contributed by atoms with Crippen LogP contribution in [-0.4, -0.2) is 18.8 Å². The van der Waals surface area contributed by atoms with Gasteiger partial charge >= 0.3 is 0 Å². The van der Waals surface area contributed by atoms with Crippen LogP contribution < -0.4 is 4.74 Å². The largest absolute Gasteiger partial charge is 0.496 e. The van der Waals surface area contributed by atoms with Crippen molar-refractivity contribution in [3.63, 3.8) is 0 Å². The number of aliphatic hydroxyl groups excluding tert-OH is 1.